The predicted octanol–water partition coefficient (Wildman–Crippen LogP) is 12.8. The molecule has 3 aromatic heterocycles. The number of nitrogens with zero attached hydrogens (tertiary/aromatic N) is 2. The molecule has 0 saturated heterocycles. The van der Waals surface area contributed by atoms with E-state index in [9.17, 15) is 9.59 Å². The van der Waals surface area contributed by atoms with Gasteiger partial charge in [-0.3, -0.25) is 9.59 Å². The van der Waals surface area contributed by atoms with E-state index in [0.29, 0.717) is 33.5 Å². The normalized spacial score (nSPS) is 13.4. The number of aromatic amines is 2. The number of fused-ring (bicyclic) bond motifs is 8. The number of hydrogen-bond donors (Lipinski definition) is 2. The molecule has 5 heterocycles. The monoisotopic (exact) mass is 742 g/mol. The summed E-state index contributed by atoms with van der Waals surface area (Å²) in [6, 6.07) is 21.5. The summed E-state index contributed by atoms with van der Waals surface area (Å²) in [4.78, 5) is 43.6. The van der Waals surface area contributed by atoms with Crippen LogP contribution in [0.15, 0.2) is 60.7 Å². The minimum Gasteiger partial charge on any atom is -0.354 e. The molecule has 2 aliphatic heterocycles. The smallest absolute Gasteiger partial charge is 0.154 e. The maximum atomic E-state index is 13.0. The lowest BCUT2D eigenvalue weighted by Crippen LogP contribution is -2.16. The zero-order valence-corrected chi connectivity index (χ0v) is 34.9. The van der Waals surface area contributed by atoms with Crippen molar-refractivity contribution >= 4 is 58.9 Å². The molecule has 7 rings (SSSR count). The van der Waals surface area contributed by atoms with Crippen LogP contribution in [-0.2, 0) is 21.7 Å². The molecule has 6 nitrogen and oxygen atoms in total. The predicted molar refractivity (Wildman–Crippen MR) is 235 cm³/mol. The zero-order chi connectivity index (χ0) is 40.5. The quantitative estimate of drug-likeness (QED) is 0.176. The Balaban J connectivity index is 1.64. The van der Waals surface area contributed by atoms with Crippen molar-refractivity contribution < 1.29 is 9.59 Å². The van der Waals surface area contributed by atoms with Crippen LogP contribution in [-0.4, -0.2) is 32.5 Å². The number of benzene rings is 2. The molecule has 2 aromatic carbocycles. The summed E-state index contributed by atoms with van der Waals surface area (Å²) in [5.74, 6) is 0. The molecule has 0 fully saturated rings. The standard InChI is InChI=1S/C50H54N4O2/c1-47(2,3)31-21-29(22-32(25-31)48(4,5)6)45-41-17-13-37(51-41)35(27-55)39-15-19-43(53-39)46(30-23-33(49(7,8)9)26-34(24-30)50(10,11)12)44-20-16-40(54-44)36(28-56)38-14-18-42(45)52-38/h13-28,51,54H,1-12H3. The largest absolute Gasteiger partial charge is 0.354 e. The summed E-state index contributed by atoms with van der Waals surface area (Å²) in [5.41, 5.74) is 14.6. The van der Waals surface area contributed by atoms with Crippen molar-refractivity contribution in [2.24, 2.45) is 0 Å². The highest BCUT2D eigenvalue weighted by atomic mass is 16.1. The van der Waals surface area contributed by atoms with Crippen LogP contribution in [0.3, 0.4) is 0 Å². The third-order valence-electron chi connectivity index (χ3n) is 11.0. The second kappa shape index (κ2) is 13.5. The van der Waals surface area contributed by atoms with Crippen molar-refractivity contribution in [2.45, 2.75) is 105 Å². The van der Waals surface area contributed by atoms with Gasteiger partial charge in [0.2, 0.25) is 0 Å². The van der Waals surface area contributed by atoms with Gasteiger partial charge in [-0.1, -0.05) is 119 Å². The molecule has 56 heavy (non-hydrogen) atoms. The van der Waals surface area contributed by atoms with Crippen molar-refractivity contribution in [3.05, 3.63) is 117 Å². The van der Waals surface area contributed by atoms with E-state index in [2.05, 4.69) is 129 Å². The van der Waals surface area contributed by atoms with E-state index < -0.39 is 0 Å². The van der Waals surface area contributed by atoms with Crippen molar-refractivity contribution in [3.8, 4) is 22.3 Å². The van der Waals surface area contributed by atoms with E-state index in [4.69, 9.17) is 9.97 Å². The summed E-state index contributed by atoms with van der Waals surface area (Å²) in [5, 5.41) is 0. The first-order valence-corrected chi connectivity index (χ1v) is 19.6. The molecule has 0 atom stereocenters. The lowest BCUT2D eigenvalue weighted by Gasteiger charge is -2.26. The molecular formula is C50H54N4O2. The first-order chi connectivity index (χ1) is 26.1. The minimum atomic E-state index is -0.109. The van der Waals surface area contributed by atoms with E-state index in [1.807, 2.05) is 48.6 Å². The van der Waals surface area contributed by atoms with E-state index >= 15 is 0 Å². The maximum Gasteiger partial charge on any atom is 0.154 e. The number of aromatic nitrogens is 4. The number of H-pyrrole nitrogens is 2. The molecule has 0 amide bonds. The minimum absolute atomic E-state index is 0.109. The van der Waals surface area contributed by atoms with Crippen LogP contribution in [0, 0.1) is 0 Å². The fourth-order valence-corrected chi connectivity index (χ4v) is 7.38. The highest BCUT2D eigenvalue weighted by molar-refractivity contribution is 6.00. The van der Waals surface area contributed by atoms with Crippen LogP contribution in [0.2, 0.25) is 0 Å². The molecule has 0 aliphatic carbocycles. The Morgan fingerprint density at radius 2 is 0.696 bits per heavy atom. The molecular weight excluding hydrogens is 689 g/mol. The van der Waals surface area contributed by atoms with E-state index in [1.54, 1.807) is 0 Å². The van der Waals surface area contributed by atoms with Crippen molar-refractivity contribution in [2.75, 3.05) is 0 Å². The van der Waals surface area contributed by atoms with Gasteiger partial charge in [0, 0.05) is 22.2 Å². The van der Waals surface area contributed by atoms with Gasteiger partial charge in [0.15, 0.2) is 12.6 Å². The third-order valence-corrected chi connectivity index (χ3v) is 11.0. The van der Waals surface area contributed by atoms with Crippen LogP contribution in [0.1, 0.15) is 149 Å². The Bertz CT molecular complexity index is 2400. The second-order valence-electron chi connectivity index (χ2n) is 19.4. The molecule has 5 aromatic rings. The second-order valence-corrected chi connectivity index (χ2v) is 19.4. The van der Waals surface area contributed by atoms with Crippen LogP contribution >= 0.6 is 0 Å². The molecule has 0 saturated carbocycles. The first-order valence-electron chi connectivity index (χ1n) is 19.6. The van der Waals surface area contributed by atoms with Crippen molar-refractivity contribution in [3.63, 3.8) is 0 Å². The van der Waals surface area contributed by atoms with Crippen LogP contribution < -0.4 is 0 Å². The van der Waals surface area contributed by atoms with Gasteiger partial charge in [-0.15, -0.1) is 0 Å². The first kappa shape index (κ1) is 38.6. The number of carbonyl (C=O) groups is 2. The molecule has 286 valence electrons. The number of hydrogen-bond acceptors (Lipinski definition) is 4. The van der Waals surface area contributed by atoms with E-state index in [1.165, 1.54) is 22.3 Å². The van der Waals surface area contributed by atoms with Gasteiger partial charge in [0.25, 0.3) is 0 Å². The number of aldehydes is 2. The Hall–Kier alpha value is -5.62. The summed E-state index contributed by atoms with van der Waals surface area (Å²) in [6.45, 7) is 26.7. The summed E-state index contributed by atoms with van der Waals surface area (Å²) >= 11 is 0. The topological polar surface area (TPSA) is 91.5 Å². The third kappa shape index (κ3) is 7.25. The lowest BCUT2D eigenvalue weighted by atomic mass is 9.78. The van der Waals surface area contributed by atoms with Gasteiger partial charge in [-0.25, -0.2) is 9.97 Å². The molecule has 0 unspecified atom stereocenters. The Morgan fingerprint density at radius 3 is 0.982 bits per heavy atom. The van der Waals surface area contributed by atoms with Crippen molar-refractivity contribution in [1.82, 2.24) is 19.9 Å². The lowest BCUT2D eigenvalue weighted by molar-refractivity contribution is 0.111. The molecule has 2 aliphatic rings. The van der Waals surface area contributed by atoms with E-state index in [0.717, 1.165) is 57.2 Å². The zero-order valence-electron chi connectivity index (χ0n) is 34.9. The molecule has 0 radical (unpaired) electrons. The summed E-state index contributed by atoms with van der Waals surface area (Å²) in [7, 11) is 0. The average molecular weight is 743 g/mol. The fraction of sp³-hybridized carbons (Fsp3) is 0.320. The number of rotatable bonds is 4. The highest BCUT2D eigenvalue weighted by Crippen LogP contribution is 2.40. The van der Waals surface area contributed by atoms with Crippen LogP contribution in [0.5, 0.6) is 0 Å². The Morgan fingerprint density at radius 1 is 0.411 bits per heavy atom. The Kier molecular flexibility index (Phi) is 9.35. The highest BCUT2D eigenvalue weighted by Gasteiger charge is 2.25. The number of nitrogens with one attached hydrogen (secondary N) is 2. The van der Waals surface area contributed by atoms with Gasteiger partial charge in [0.1, 0.15) is 0 Å². The molecule has 0 spiro atoms. The SMILES string of the molecule is CC(C)(C)c1cc(-c2c3nc(c(C=O)c4ccc([nH]4)c(-c4cc(C(C)(C)C)cc(C(C)(C)C)c4)c4nc(c(C=O)c5ccc2[nH]5)C=C4)C=C3)cc(C(C)(C)C)c1. The molecule has 2 N–H and O–H groups in total. The molecule has 8 bridgehead atoms. The Labute approximate surface area is 331 Å². The summed E-state index contributed by atoms with van der Waals surface area (Å²) in [6.07, 6.45) is 9.57. The van der Waals surface area contributed by atoms with Crippen molar-refractivity contribution in [1.29, 1.82) is 0 Å². The molecule has 6 heteroatoms. The van der Waals surface area contributed by atoms with Gasteiger partial charge < -0.3 is 9.97 Å². The van der Waals surface area contributed by atoms with Gasteiger partial charge in [0.05, 0.1) is 44.9 Å². The maximum absolute atomic E-state index is 13.0. The average Bonchev–Trinajstić information content (AvgIpc) is 3.94. The summed E-state index contributed by atoms with van der Waals surface area (Å²) < 4.78 is 0. The van der Waals surface area contributed by atoms with Crippen LogP contribution in [0.25, 0.3) is 68.6 Å². The van der Waals surface area contributed by atoms with Gasteiger partial charge in [-0.05, 0) is 104 Å². The van der Waals surface area contributed by atoms with E-state index in [-0.39, 0.29) is 21.7 Å². The van der Waals surface area contributed by atoms with Gasteiger partial charge >= 0.3 is 0 Å². The van der Waals surface area contributed by atoms with Gasteiger partial charge in [-0.2, -0.15) is 0 Å². The van der Waals surface area contributed by atoms with Crippen LogP contribution in [0.4, 0.5) is 0 Å². The number of carbonyl (C=O) groups excluding carboxylic acids is 2. The fourth-order valence-electron chi connectivity index (χ4n) is 7.38.